The van der Waals surface area contributed by atoms with Crippen LogP contribution in [0.5, 0.6) is 0 Å². The van der Waals surface area contributed by atoms with Crippen LogP contribution in [-0.2, 0) is 38.7 Å². The van der Waals surface area contributed by atoms with E-state index in [-0.39, 0.29) is 19.4 Å². The number of rotatable bonds is 30. The second-order valence-electron chi connectivity index (χ2n) is 13.2. The molecule has 1 rings (SSSR count). The summed E-state index contributed by atoms with van der Waals surface area (Å²) in [5.74, 6) is -2.01. The molecule has 0 aliphatic carbocycles. The van der Waals surface area contributed by atoms with Gasteiger partial charge in [0, 0.05) is 12.8 Å². The van der Waals surface area contributed by atoms with Crippen LogP contribution in [0.15, 0.2) is 24.3 Å². The van der Waals surface area contributed by atoms with Crippen LogP contribution < -0.4 is 0 Å². The number of unbranched alkanes of at least 4 members (excludes halogenated alkanes) is 14. The molecule has 0 radical (unpaired) electrons. The fourth-order valence-corrected chi connectivity index (χ4v) is 6.22. The lowest BCUT2D eigenvalue weighted by Crippen LogP contribution is -2.60. The third-order valence-electron chi connectivity index (χ3n) is 8.53. The van der Waals surface area contributed by atoms with Crippen molar-refractivity contribution in [2.75, 3.05) is 19.0 Å². The lowest BCUT2D eigenvalue weighted by molar-refractivity contribution is -0.297. The molecule has 1 saturated heterocycles. The average Bonchev–Trinajstić information content (AvgIpc) is 3.07. The van der Waals surface area contributed by atoms with Crippen LogP contribution in [-0.4, -0.2) is 96.0 Å². The Kier molecular flexibility index (Phi) is 26.5. The predicted molar refractivity (Wildman–Crippen MR) is 192 cm³/mol. The Balaban J connectivity index is 2.52. The Bertz CT molecular complexity index is 1050. The number of esters is 2. The first-order valence-corrected chi connectivity index (χ1v) is 20.5. The molecule has 0 aromatic rings. The van der Waals surface area contributed by atoms with Crippen molar-refractivity contribution < 1.29 is 56.8 Å². The zero-order valence-electron chi connectivity index (χ0n) is 30.5. The number of ether oxygens (including phenoxy) is 4. The minimum Gasteiger partial charge on any atom is -0.462 e. The van der Waals surface area contributed by atoms with Crippen LogP contribution in [0.2, 0.25) is 0 Å². The van der Waals surface area contributed by atoms with Gasteiger partial charge in [-0.2, -0.15) is 8.42 Å². The summed E-state index contributed by atoms with van der Waals surface area (Å²) in [4.78, 5) is 25.1. The van der Waals surface area contributed by atoms with Crippen molar-refractivity contribution in [3.05, 3.63) is 24.3 Å². The van der Waals surface area contributed by atoms with Gasteiger partial charge >= 0.3 is 11.9 Å². The minimum absolute atomic E-state index is 0.150. The van der Waals surface area contributed by atoms with Crippen LogP contribution in [0.4, 0.5) is 0 Å². The Morgan fingerprint density at radius 2 is 1.20 bits per heavy atom. The highest BCUT2D eigenvalue weighted by Crippen LogP contribution is 2.24. The van der Waals surface area contributed by atoms with Crippen molar-refractivity contribution in [3.8, 4) is 0 Å². The SMILES string of the molecule is CCCCC/C=C/C/C=C/CCCCCCCC(=O)O[C@H](COC(=O)CCCCCCCCC)CO[C@H]1O[C@H](CS(=O)(=O)O)[C@@H](O)C(O)C1O. The number of hydrogen-bond acceptors (Lipinski definition) is 11. The third kappa shape index (κ3) is 23.6. The number of allylic oxidation sites excluding steroid dienone is 4. The predicted octanol–water partition coefficient (Wildman–Crippen LogP) is 6.11. The highest BCUT2D eigenvalue weighted by Gasteiger charge is 2.46. The van der Waals surface area contributed by atoms with E-state index in [1.54, 1.807) is 0 Å². The largest absolute Gasteiger partial charge is 0.462 e. The highest BCUT2D eigenvalue weighted by molar-refractivity contribution is 7.85. The highest BCUT2D eigenvalue weighted by atomic mass is 32.2. The van der Waals surface area contributed by atoms with E-state index in [9.17, 15) is 37.9 Å². The Morgan fingerprint density at radius 1 is 0.680 bits per heavy atom. The standard InChI is InChI=1S/C37H66O12S/c1-3-5-7-9-11-12-13-14-15-16-17-18-20-22-24-26-33(39)48-30(27-46-32(38)25-23-21-19-10-8-6-4-2)28-47-37-36(42)35(41)34(40)31(49-37)29-50(43,44)45/h11-12,14-15,30-31,34-37,40-42H,3-10,13,16-29H2,1-2H3,(H,43,44,45)/b12-11+,15-14+/t30-,31-,34-,35?,36?,37+/m1/s1. The first-order chi connectivity index (χ1) is 24.0. The van der Waals surface area contributed by atoms with E-state index in [1.807, 2.05) is 0 Å². The summed E-state index contributed by atoms with van der Waals surface area (Å²) < 4.78 is 53.6. The Hall–Kier alpha value is -1.87. The molecule has 1 aliphatic heterocycles. The van der Waals surface area contributed by atoms with Gasteiger partial charge in [-0.3, -0.25) is 14.1 Å². The van der Waals surface area contributed by atoms with Crippen LogP contribution in [0.25, 0.3) is 0 Å². The lowest BCUT2D eigenvalue weighted by atomic mass is 10.00. The molecule has 0 saturated carbocycles. The maximum atomic E-state index is 12.7. The van der Waals surface area contributed by atoms with Gasteiger partial charge < -0.3 is 34.3 Å². The summed E-state index contributed by atoms with van der Waals surface area (Å²) in [6, 6.07) is 0. The van der Waals surface area contributed by atoms with E-state index in [0.29, 0.717) is 12.8 Å². The van der Waals surface area contributed by atoms with Gasteiger partial charge in [-0.25, -0.2) is 0 Å². The maximum absolute atomic E-state index is 12.7. The molecule has 0 bridgehead atoms. The molecule has 2 unspecified atom stereocenters. The lowest BCUT2D eigenvalue weighted by Gasteiger charge is -2.40. The fourth-order valence-electron chi connectivity index (χ4n) is 5.53. The van der Waals surface area contributed by atoms with E-state index in [2.05, 4.69) is 38.2 Å². The second kappa shape index (κ2) is 28.7. The fraction of sp³-hybridized carbons (Fsp3) is 0.838. The monoisotopic (exact) mass is 734 g/mol. The zero-order valence-corrected chi connectivity index (χ0v) is 31.3. The molecular formula is C37H66O12S. The van der Waals surface area contributed by atoms with Gasteiger partial charge in [-0.05, 0) is 44.9 Å². The normalized spacial score (nSPS) is 21.9. The van der Waals surface area contributed by atoms with Crippen molar-refractivity contribution in [2.24, 2.45) is 0 Å². The molecule has 50 heavy (non-hydrogen) atoms. The van der Waals surface area contributed by atoms with Gasteiger partial charge in [-0.1, -0.05) is 109 Å². The van der Waals surface area contributed by atoms with Crippen molar-refractivity contribution in [2.45, 2.75) is 179 Å². The topological polar surface area (TPSA) is 186 Å². The number of hydrogen-bond donors (Lipinski definition) is 4. The Labute approximate surface area is 300 Å². The first-order valence-electron chi connectivity index (χ1n) is 18.9. The molecule has 13 heteroatoms. The summed E-state index contributed by atoms with van der Waals surface area (Å²) in [7, 11) is -4.59. The van der Waals surface area contributed by atoms with E-state index < -0.39 is 71.2 Å². The van der Waals surface area contributed by atoms with Crippen molar-refractivity contribution in [1.29, 1.82) is 0 Å². The molecule has 1 fully saturated rings. The molecule has 0 spiro atoms. The molecule has 0 aromatic heterocycles. The summed E-state index contributed by atoms with van der Waals surface area (Å²) in [6.45, 7) is 3.63. The molecule has 0 amide bonds. The van der Waals surface area contributed by atoms with Gasteiger partial charge in [0.2, 0.25) is 0 Å². The maximum Gasteiger partial charge on any atom is 0.306 e. The van der Waals surface area contributed by atoms with Gasteiger partial charge in [-0.15, -0.1) is 0 Å². The van der Waals surface area contributed by atoms with Crippen molar-refractivity contribution in [1.82, 2.24) is 0 Å². The molecule has 1 aliphatic rings. The van der Waals surface area contributed by atoms with Crippen molar-refractivity contribution >= 4 is 22.1 Å². The first kappa shape index (κ1) is 46.2. The number of carbonyl (C=O) groups excluding carboxylic acids is 2. The van der Waals surface area contributed by atoms with E-state index >= 15 is 0 Å². The molecule has 1 heterocycles. The van der Waals surface area contributed by atoms with E-state index in [1.165, 1.54) is 32.1 Å². The second-order valence-corrected chi connectivity index (χ2v) is 14.7. The number of carbonyl (C=O) groups is 2. The number of aliphatic hydroxyl groups is 3. The van der Waals surface area contributed by atoms with Crippen LogP contribution in [0.1, 0.15) is 142 Å². The molecule has 292 valence electrons. The summed E-state index contributed by atoms with van der Waals surface area (Å²) >= 11 is 0. The van der Waals surface area contributed by atoms with Gasteiger partial charge in [0.25, 0.3) is 10.1 Å². The van der Waals surface area contributed by atoms with Crippen LogP contribution >= 0.6 is 0 Å². The van der Waals surface area contributed by atoms with Crippen molar-refractivity contribution in [3.63, 3.8) is 0 Å². The van der Waals surface area contributed by atoms with E-state index in [4.69, 9.17) is 18.9 Å². The average molecular weight is 735 g/mol. The smallest absolute Gasteiger partial charge is 0.306 e. The van der Waals surface area contributed by atoms with E-state index in [0.717, 1.165) is 70.6 Å². The zero-order chi connectivity index (χ0) is 37.0. The molecule has 0 aromatic carbocycles. The summed E-state index contributed by atoms with van der Waals surface area (Å²) in [6.07, 6.45) is 18.3. The Morgan fingerprint density at radius 3 is 1.80 bits per heavy atom. The number of aliphatic hydroxyl groups excluding tert-OH is 3. The third-order valence-corrected chi connectivity index (χ3v) is 9.28. The summed E-state index contributed by atoms with van der Waals surface area (Å²) in [5.41, 5.74) is 0. The van der Waals surface area contributed by atoms with Gasteiger partial charge in [0.1, 0.15) is 36.8 Å². The molecule has 4 N–H and O–H groups in total. The summed E-state index contributed by atoms with van der Waals surface area (Å²) in [5, 5.41) is 30.7. The van der Waals surface area contributed by atoms with Gasteiger partial charge in [0.05, 0.1) is 6.61 Å². The minimum atomic E-state index is -4.59. The quantitative estimate of drug-likeness (QED) is 0.0288. The molecule has 12 nitrogen and oxygen atoms in total. The van der Waals surface area contributed by atoms with Crippen LogP contribution in [0, 0.1) is 0 Å². The molecular weight excluding hydrogens is 668 g/mol. The molecule has 6 atom stereocenters. The van der Waals surface area contributed by atoms with Gasteiger partial charge in [0.15, 0.2) is 12.4 Å². The van der Waals surface area contributed by atoms with Crippen LogP contribution in [0.3, 0.4) is 0 Å².